The topological polar surface area (TPSA) is 66.4 Å². The van der Waals surface area contributed by atoms with Crippen molar-refractivity contribution in [3.63, 3.8) is 0 Å². The van der Waals surface area contributed by atoms with E-state index in [1.165, 1.54) is 0 Å². The smallest absolute Gasteiger partial charge is 0.200 e. The molecule has 2 aromatic rings. The number of rotatable bonds is 16. The average Bonchev–Trinajstić information content (AvgIpc) is 3.00. The summed E-state index contributed by atoms with van der Waals surface area (Å²) < 4.78 is 34.8. The van der Waals surface area contributed by atoms with E-state index in [0.29, 0.717) is 55.7 Å². The van der Waals surface area contributed by atoms with E-state index in [-0.39, 0.29) is 31.0 Å². The minimum absolute atomic E-state index is 0.00958. The number of aliphatic hydroxyl groups is 1. The van der Waals surface area contributed by atoms with Crippen molar-refractivity contribution in [2.75, 3.05) is 13.2 Å². The van der Waals surface area contributed by atoms with Gasteiger partial charge in [-0.2, -0.15) is 0 Å². The van der Waals surface area contributed by atoms with Crippen LogP contribution in [0.2, 0.25) is 16.6 Å². The van der Waals surface area contributed by atoms with Crippen LogP contribution in [0.3, 0.4) is 0 Å². The second kappa shape index (κ2) is 16.0. The lowest BCUT2D eigenvalue weighted by atomic mass is 9.75. The third kappa shape index (κ3) is 8.48. The number of hydrogen-bond acceptors (Lipinski definition) is 6. The van der Waals surface area contributed by atoms with Gasteiger partial charge in [-0.3, -0.25) is 0 Å². The fraction of sp³-hybridized carbons (Fsp3) is 0.684. The Bertz CT molecular complexity index is 1120. The van der Waals surface area contributed by atoms with E-state index in [2.05, 4.69) is 91.8 Å². The third-order valence-electron chi connectivity index (χ3n) is 10.6. The number of fused-ring (bicyclic) bond motifs is 1. The van der Waals surface area contributed by atoms with Crippen LogP contribution >= 0.6 is 0 Å². The predicted octanol–water partition coefficient (Wildman–Crippen LogP) is 8.61. The van der Waals surface area contributed by atoms with Crippen molar-refractivity contribution in [1.82, 2.24) is 0 Å². The first-order valence-electron chi connectivity index (χ1n) is 17.4. The maximum absolute atomic E-state index is 9.68. The Morgan fingerprint density at radius 1 is 0.822 bits per heavy atom. The molecule has 0 spiro atoms. The standard InChI is InChI=1S/C38H60O6Si/c1-28(2)45(29(3)4,30(5)6)43-36-24-33(20-15-22-39)42-35-25-34(41-27-32-18-13-10-14-19-32)37(7,44-38(35,36)8)21-23-40-26-31-16-11-9-12-17-31/h9-14,16-19,28-30,33-36,39H,15,20-27H2,1-8H3/t33-,34-,35+,36-,37+,38+/m1/s1. The first kappa shape index (κ1) is 36.3. The van der Waals surface area contributed by atoms with E-state index in [1.54, 1.807) is 0 Å². The van der Waals surface area contributed by atoms with Crippen LogP contribution in [0.15, 0.2) is 60.7 Å². The van der Waals surface area contributed by atoms with Gasteiger partial charge in [0.1, 0.15) is 5.60 Å². The molecular formula is C38H60O6Si. The highest BCUT2D eigenvalue weighted by atomic mass is 28.4. The summed E-state index contributed by atoms with van der Waals surface area (Å²) in [4.78, 5) is 0. The van der Waals surface area contributed by atoms with Crippen LogP contribution in [0, 0.1) is 0 Å². The molecule has 0 unspecified atom stereocenters. The summed E-state index contributed by atoms with van der Waals surface area (Å²) in [6.45, 7) is 20.3. The van der Waals surface area contributed by atoms with E-state index in [9.17, 15) is 5.11 Å². The Labute approximate surface area is 274 Å². The van der Waals surface area contributed by atoms with Gasteiger partial charge in [-0.25, -0.2) is 0 Å². The quantitative estimate of drug-likeness (QED) is 0.146. The minimum Gasteiger partial charge on any atom is -0.410 e. The molecule has 252 valence electrons. The molecule has 0 radical (unpaired) electrons. The molecule has 1 N–H and O–H groups in total. The van der Waals surface area contributed by atoms with Gasteiger partial charge in [0.15, 0.2) is 0 Å². The molecule has 0 aromatic heterocycles. The lowest BCUT2D eigenvalue weighted by Crippen LogP contribution is -2.71. The van der Waals surface area contributed by atoms with E-state index >= 15 is 0 Å². The van der Waals surface area contributed by atoms with Gasteiger partial charge in [-0.05, 0) is 54.4 Å². The molecule has 2 heterocycles. The molecule has 6 atom stereocenters. The van der Waals surface area contributed by atoms with Crippen LogP contribution in [-0.2, 0) is 36.6 Å². The number of hydrogen-bond donors (Lipinski definition) is 1. The molecule has 7 heteroatoms. The lowest BCUT2D eigenvalue weighted by molar-refractivity contribution is -0.332. The van der Waals surface area contributed by atoms with Gasteiger partial charge < -0.3 is 28.5 Å². The van der Waals surface area contributed by atoms with Crippen LogP contribution in [0.5, 0.6) is 0 Å². The van der Waals surface area contributed by atoms with Gasteiger partial charge in [-0.15, -0.1) is 0 Å². The van der Waals surface area contributed by atoms with Crippen molar-refractivity contribution >= 4 is 8.32 Å². The molecule has 4 rings (SSSR count). The van der Waals surface area contributed by atoms with Crippen LogP contribution in [-0.4, -0.2) is 62.3 Å². The average molecular weight is 641 g/mol. The highest BCUT2D eigenvalue weighted by molar-refractivity contribution is 6.77. The predicted molar refractivity (Wildman–Crippen MR) is 184 cm³/mol. The van der Waals surface area contributed by atoms with Crippen LogP contribution in [0.4, 0.5) is 0 Å². The van der Waals surface area contributed by atoms with Crippen molar-refractivity contribution in [2.45, 2.75) is 153 Å². The monoisotopic (exact) mass is 640 g/mol. The maximum atomic E-state index is 9.68. The Morgan fingerprint density at radius 2 is 1.40 bits per heavy atom. The Morgan fingerprint density at radius 3 is 1.96 bits per heavy atom. The van der Waals surface area contributed by atoms with E-state index < -0.39 is 19.5 Å². The molecule has 2 aromatic carbocycles. The van der Waals surface area contributed by atoms with Gasteiger partial charge >= 0.3 is 0 Å². The summed E-state index contributed by atoms with van der Waals surface area (Å²) in [6, 6.07) is 20.7. The first-order valence-corrected chi connectivity index (χ1v) is 19.5. The van der Waals surface area contributed by atoms with E-state index in [0.717, 1.165) is 24.0 Å². The van der Waals surface area contributed by atoms with Gasteiger partial charge in [0.25, 0.3) is 0 Å². The summed E-state index contributed by atoms with van der Waals surface area (Å²) in [5.41, 5.74) is 2.44. The Kier molecular flexibility index (Phi) is 12.9. The zero-order chi connectivity index (χ0) is 32.7. The SMILES string of the molecule is CC(C)[Si](O[C@@H]1C[C@@H](CCCO)O[C@H]2C[C@@H](OCc3ccccc3)[C@](C)(CCOCc3ccccc3)O[C@@]21C)(C(C)C)C(C)C. The molecule has 2 aliphatic rings. The first-order chi connectivity index (χ1) is 21.4. The Hall–Kier alpha value is -1.58. The van der Waals surface area contributed by atoms with Gasteiger partial charge in [-0.1, -0.05) is 102 Å². The highest BCUT2D eigenvalue weighted by Crippen LogP contribution is 2.51. The van der Waals surface area contributed by atoms with Gasteiger partial charge in [0.2, 0.25) is 8.32 Å². The van der Waals surface area contributed by atoms with Gasteiger partial charge in [0.05, 0.1) is 43.2 Å². The summed E-state index contributed by atoms with van der Waals surface area (Å²) in [5.74, 6) is 0. The van der Waals surface area contributed by atoms with Crippen LogP contribution in [0.1, 0.15) is 98.6 Å². The zero-order valence-electron chi connectivity index (χ0n) is 29.2. The second-order valence-corrected chi connectivity index (χ2v) is 20.1. The van der Waals surface area contributed by atoms with Gasteiger partial charge in [0, 0.05) is 32.5 Å². The highest BCUT2D eigenvalue weighted by Gasteiger charge is 2.61. The van der Waals surface area contributed by atoms with Crippen LogP contribution < -0.4 is 0 Å². The molecule has 0 saturated carbocycles. The molecule has 45 heavy (non-hydrogen) atoms. The summed E-state index contributed by atoms with van der Waals surface area (Å²) in [6.07, 6.45) is 3.23. The summed E-state index contributed by atoms with van der Waals surface area (Å²) in [7, 11) is -2.23. The number of aliphatic hydroxyl groups excluding tert-OH is 1. The number of benzene rings is 2. The summed E-state index contributed by atoms with van der Waals surface area (Å²) in [5, 5.41) is 9.68. The number of ether oxygens (including phenoxy) is 4. The minimum atomic E-state index is -2.23. The van der Waals surface area contributed by atoms with Crippen molar-refractivity contribution in [3.8, 4) is 0 Å². The van der Waals surface area contributed by atoms with Crippen molar-refractivity contribution in [1.29, 1.82) is 0 Å². The zero-order valence-corrected chi connectivity index (χ0v) is 30.2. The fourth-order valence-corrected chi connectivity index (χ4v) is 13.8. The lowest BCUT2D eigenvalue weighted by Gasteiger charge is -2.60. The Balaban J connectivity index is 1.63. The fourth-order valence-electron chi connectivity index (χ4n) is 8.13. The summed E-state index contributed by atoms with van der Waals surface area (Å²) >= 11 is 0. The molecule has 0 aliphatic carbocycles. The molecule has 6 nitrogen and oxygen atoms in total. The molecular weight excluding hydrogens is 580 g/mol. The van der Waals surface area contributed by atoms with E-state index in [1.807, 2.05) is 24.3 Å². The largest absolute Gasteiger partial charge is 0.410 e. The van der Waals surface area contributed by atoms with Crippen molar-refractivity contribution < 1.29 is 28.5 Å². The van der Waals surface area contributed by atoms with Crippen LogP contribution in [0.25, 0.3) is 0 Å². The van der Waals surface area contributed by atoms with Crippen molar-refractivity contribution in [2.24, 2.45) is 0 Å². The molecule has 2 aliphatic heterocycles. The normalized spacial score (nSPS) is 29.0. The second-order valence-electron chi connectivity index (χ2n) is 14.7. The third-order valence-corrected chi connectivity index (χ3v) is 16.7. The molecule has 2 fully saturated rings. The van der Waals surface area contributed by atoms with Crippen molar-refractivity contribution in [3.05, 3.63) is 71.8 Å². The molecule has 0 bridgehead atoms. The molecule has 0 amide bonds. The molecule has 2 saturated heterocycles. The van der Waals surface area contributed by atoms with E-state index in [4.69, 9.17) is 23.4 Å². The maximum Gasteiger partial charge on any atom is 0.200 e.